The largest absolute Gasteiger partial charge is 0.443 e. The molecule has 0 aliphatic carbocycles. The molecule has 1 fully saturated rings. The van der Waals surface area contributed by atoms with E-state index < -0.39 is 20.0 Å². The number of imide groups is 1. The minimum atomic E-state index is -2.80. The zero-order valence-electron chi connectivity index (χ0n) is 23.0. The summed E-state index contributed by atoms with van der Waals surface area (Å²) in [6, 6.07) is 20.6. The molecule has 0 radical (unpaired) electrons. The highest BCUT2D eigenvalue weighted by molar-refractivity contribution is 6.99. The molecule has 0 bridgehead atoms. The van der Waals surface area contributed by atoms with Gasteiger partial charge in [0, 0.05) is 6.42 Å². The van der Waals surface area contributed by atoms with Crippen molar-refractivity contribution >= 4 is 30.7 Å². The summed E-state index contributed by atoms with van der Waals surface area (Å²) in [7, 11) is -2.80. The summed E-state index contributed by atoms with van der Waals surface area (Å²) in [4.78, 5) is 27.7. The minimum Gasteiger partial charge on any atom is -0.443 e. The molecule has 1 aliphatic heterocycles. The Morgan fingerprint density at radius 2 is 1.47 bits per heavy atom. The molecule has 6 heteroatoms. The second-order valence-electron chi connectivity index (χ2n) is 11.9. The van der Waals surface area contributed by atoms with Crippen molar-refractivity contribution in [3.8, 4) is 0 Å². The van der Waals surface area contributed by atoms with Crippen LogP contribution in [0.5, 0.6) is 0 Å². The molecular formula is C30H43NO4Si. The van der Waals surface area contributed by atoms with E-state index in [0.29, 0.717) is 13.0 Å². The van der Waals surface area contributed by atoms with E-state index in [2.05, 4.69) is 76.2 Å². The quantitative estimate of drug-likeness (QED) is 0.416. The number of rotatable bonds is 8. The number of hydrogen-bond donors (Lipinski definition) is 0. The van der Waals surface area contributed by atoms with Gasteiger partial charge in [-0.05, 0) is 48.5 Å². The molecule has 0 aromatic heterocycles. The zero-order chi connectivity index (χ0) is 26.6. The topological polar surface area (TPSA) is 55.8 Å². The standard InChI is InChI=1S/C30H43NO4Si/c1-8-9-16-23-21-27(32)31(28(33)35-29(2,3)4)26(23)22-34-36(30(5,6)7,24-17-12-10-13-18-24)25-19-14-11-15-20-25/h10-15,17-20,23,26H,8-9,16,21-22H2,1-7H3/t23-,26+/m0/s1. The van der Waals surface area contributed by atoms with Crippen LogP contribution in [-0.4, -0.2) is 43.5 Å². The molecule has 1 aliphatic rings. The smallest absolute Gasteiger partial charge is 0.417 e. The van der Waals surface area contributed by atoms with Crippen LogP contribution in [0.3, 0.4) is 0 Å². The number of carbonyl (C=O) groups is 2. The van der Waals surface area contributed by atoms with Gasteiger partial charge in [0.2, 0.25) is 5.91 Å². The van der Waals surface area contributed by atoms with Crippen LogP contribution < -0.4 is 10.4 Å². The first-order chi connectivity index (χ1) is 16.9. The molecule has 2 amide bonds. The van der Waals surface area contributed by atoms with Crippen molar-refractivity contribution in [3.05, 3.63) is 60.7 Å². The lowest BCUT2D eigenvalue weighted by atomic mass is 9.94. The summed E-state index contributed by atoms with van der Waals surface area (Å²) in [6.45, 7) is 14.6. The second-order valence-corrected chi connectivity index (χ2v) is 16.2. The Morgan fingerprint density at radius 3 is 1.92 bits per heavy atom. The molecule has 2 atom stereocenters. The van der Waals surface area contributed by atoms with Gasteiger partial charge in [0.25, 0.3) is 8.32 Å². The molecule has 2 aromatic carbocycles. The number of unbranched alkanes of at least 4 members (excludes halogenated alkanes) is 1. The molecule has 0 unspecified atom stereocenters. The average molecular weight is 510 g/mol. The van der Waals surface area contributed by atoms with Crippen LogP contribution in [0.15, 0.2) is 60.7 Å². The summed E-state index contributed by atoms with van der Waals surface area (Å²) in [5.41, 5.74) is -0.678. The van der Waals surface area contributed by atoms with Crippen LogP contribution in [0.25, 0.3) is 0 Å². The maximum atomic E-state index is 13.2. The number of carbonyl (C=O) groups excluding carboxylic acids is 2. The summed E-state index contributed by atoms with van der Waals surface area (Å²) in [6.07, 6.45) is 2.72. The third-order valence-electron chi connectivity index (χ3n) is 6.99. The summed E-state index contributed by atoms with van der Waals surface area (Å²) < 4.78 is 12.8. The fourth-order valence-electron chi connectivity index (χ4n) is 5.35. The Kier molecular flexibility index (Phi) is 8.83. The lowest BCUT2D eigenvalue weighted by molar-refractivity contribution is -0.128. The van der Waals surface area contributed by atoms with E-state index in [1.165, 1.54) is 15.3 Å². The molecule has 1 heterocycles. The fraction of sp³-hybridized carbons (Fsp3) is 0.533. The Balaban J connectivity index is 2.05. The number of benzene rings is 2. The molecule has 196 valence electrons. The third kappa shape index (κ3) is 6.09. The predicted molar refractivity (Wildman–Crippen MR) is 148 cm³/mol. The normalized spacial score (nSPS) is 19.0. The minimum absolute atomic E-state index is 0.0585. The molecule has 3 rings (SSSR count). The first-order valence-corrected chi connectivity index (χ1v) is 15.1. The van der Waals surface area contributed by atoms with Crippen molar-refractivity contribution in [1.82, 2.24) is 4.90 Å². The fourth-order valence-corrected chi connectivity index (χ4v) is 9.92. The van der Waals surface area contributed by atoms with Crippen LogP contribution in [0.1, 0.15) is 74.1 Å². The van der Waals surface area contributed by atoms with Gasteiger partial charge < -0.3 is 9.16 Å². The molecule has 1 saturated heterocycles. The number of likely N-dealkylation sites (tertiary alicyclic amines) is 1. The van der Waals surface area contributed by atoms with Crippen molar-refractivity contribution in [2.45, 2.75) is 90.8 Å². The highest BCUT2D eigenvalue weighted by Crippen LogP contribution is 2.39. The van der Waals surface area contributed by atoms with Gasteiger partial charge in [0.1, 0.15) is 5.60 Å². The van der Waals surface area contributed by atoms with Gasteiger partial charge in [0.15, 0.2) is 0 Å². The van der Waals surface area contributed by atoms with Gasteiger partial charge in [-0.2, -0.15) is 0 Å². The Labute approximate surface area is 218 Å². The molecule has 0 N–H and O–H groups in total. The van der Waals surface area contributed by atoms with Crippen LogP contribution in [0, 0.1) is 5.92 Å². The predicted octanol–water partition coefficient (Wildman–Crippen LogP) is 5.91. The SMILES string of the molecule is CCCC[C@H]1CC(=O)N(C(=O)OC(C)(C)C)[C@@H]1CO[Si](c1ccccc1)(c1ccccc1)C(C)(C)C. The van der Waals surface area contributed by atoms with Crippen molar-refractivity contribution in [2.24, 2.45) is 5.92 Å². The van der Waals surface area contributed by atoms with Gasteiger partial charge in [-0.15, -0.1) is 0 Å². The van der Waals surface area contributed by atoms with Gasteiger partial charge in [0.05, 0.1) is 12.6 Å². The lowest BCUT2D eigenvalue weighted by Crippen LogP contribution is -2.67. The molecule has 2 aromatic rings. The average Bonchev–Trinajstić information content (AvgIpc) is 3.12. The molecular weight excluding hydrogens is 466 g/mol. The van der Waals surface area contributed by atoms with Crippen molar-refractivity contribution in [2.75, 3.05) is 6.61 Å². The first-order valence-electron chi connectivity index (χ1n) is 13.2. The van der Waals surface area contributed by atoms with E-state index in [-0.39, 0.29) is 22.9 Å². The molecule has 5 nitrogen and oxygen atoms in total. The maximum Gasteiger partial charge on any atom is 0.417 e. The highest BCUT2D eigenvalue weighted by atomic mass is 28.4. The lowest BCUT2D eigenvalue weighted by Gasteiger charge is -2.44. The van der Waals surface area contributed by atoms with E-state index >= 15 is 0 Å². The molecule has 36 heavy (non-hydrogen) atoms. The second kappa shape index (κ2) is 11.3. The number of hydrogen-bond acceptors (Lipinski definition) is 4. The van der Waals surface area contributed by atoms with Crippen LogP contribution >= 0.6 is 0 Å². The van der Waals surface area contributed by atoms with Crippen LogP contribution in [0.4, 0.5) is 4.79 Å². The Morgan fingerprint density at radius 1 is 0.944 bits per heavy atom. The number of amides is 2. The summed E-state index contributed by atoms with van der Waals surface area (Å²) >= 11 is 0. The maximum absolute atomic E-state index is 13.2. The third-order valence-corrected chi connectivity index (χ3v) is 12.0. The Bertz CT molecular complexity index is 971. The van der Waals surface area contributed by atoms with Gasteiger partial charge in [-0.3, -0.25) is 4.79 Å². The monoisotopic (exact) mass is 509 g/mol. The van der Waals surface area contributed by atoms with Gasteiger partial charge in [-0.25, -0.2) is 9.69 Å². The molecule has 0 spiro atoms. The first kappa shape index (κ1) is 28.1. The Hall–Kier alpha value is -2.44. The van der Waals surface area contributed by atoms with Crippen molar-refractivity contribution in [1.29, 1.82) is 0 Å². The highest BCUT2D eigenvalue weighted by Gasteiger charge is 2.52. The van der Waals surface area contributed by atoms with Crippen LogP contribution in [0.2, 0.25) is 5.04 Å². The zero-order valence-corrected chi connectivity index (χ0v) is 24.0. The van der Waals surface area contributed by atoms with Gasteiger partial charge in [-0.1, -0.05) is 101 Å². The van der Waals surface area contributed by atoms with Crippen molar-refractivity contribution in [3.63, 3.8) is 0 Å². The molecule has 0 saturated carbocycles. The van der Waals surface area contributed by atoms with Crippen LogP contribution in [-0.2, 0) is 14.0 Å². The van der Waals surface area contributed by atoms with E-state index in [0.717, 1.165) is 19.3 Å². The van der Waals surface area contributed by atoms with E-state index in [4.69, 9.17) is 9.16 Å². The van der Waals surface area contributed by atoms with E-state index in [9.17, 15) is 9.59 Å². The summed E-state index contributed by atoms with van der Waals surface area (Å²) in [5, 5.41) is 2.18. The number of nitrogens with zero attached hydrogens (tertiary/aromatic N) is 1. The van der Waals surface area contributed by atoms with Gasteiger partial charge >= 0.3 is 6.09 Å². The van der Waals surface area contributed by atoms with E-state index in [1.54, 1.807) is 0 Å². The number of ether oxygens (including phenoxy) is 1. The van der Waals surface area contributed by atoms with Crippen molar-refractivity contribution < 1.29 is 18.8 Å². The van der Waals surface area contributed by atoms with E-state index in [1.807, 2.05) is 32.9 Å². The summed E-state index contributed by atoms with van der Waals surface area (Å²) in [5.74, 6) is -0.107.